The highest BCUT2D eigenvalue weighted by atomic mass is 16.4. The van der Waals surface area contributed by atoms with Crippen LogP contribution in [0.4, 0.5) is 0 Å². The molecule has 0 aliphatic heterocycles. The Balaban J connectivity index is 2.17. The number of rotatable bonds is 3. The van der Waals surface area contributed by atoms with Gasteiger partial charge in [0.25, 0.3) is 0 Å². The Kier molecular flexibility index (Phi) is 2.97. The van der Waals surface area contributed by atoms with Crippen LogP contribution in [0.2, 0.25) is 0 Å². The molecule has 1 aliphatic rings. The summed E-state index contributed by atoms with van der Waals surface area (Å²) in [6, 6.07) is 7.23. The van der Waals surface area contributed by atoms with E-state index in [0.717, 1.165) is 17.4 Å². The van der Waals surface area contributed by atoms with Gasteiger partial charge in [0.2, 0.25) is 0 Å². The Morgan fingerprint density at radius 1 is 1.35 bits per heavy atom. The van der Waals surface area contributed by atoms with E-state index in [-0.39, 0.29) is 6.42 Å². The van der Waals surface area contributed by atoms with E-state index >= 15 is 0 Å². The molecule has 1 saturated carbocycles. The molecule has 0 amide bonds. The second-order valence-electron chi connectivity index (χ2n) is 4.14. The number of carboxylic acids is 1. The van der Waals surface area contributed by atoms with Crippen LogP contribution >= 0.6 is 0 Å². The lowest BCUT2D eigenvalue weighted by Crippen LogP contribution is -2.19. The van der Waals surface area contributed by atoms with Crippen LogP contribution in [0.3, 0.4) is 0 Å². The van der Waals surface area contributed by atoms with Gasteiger partial charge < -0.3 is 9.90 Å². The normalized spacial score (nSPS) is 15.5. The Morgan fingerprint density at radius 3 is 2.47 bits per heavy atom. The molecule has 1 aromatic carbocycles. The molecular formula is C14H12O3. The summed E-state index contributed by atoms with van der Waals surface area (Å²) in [6.45, 7) is 0. The summed E-state index contributed by atoms with van der Waals surface area (Å²) in [5.41, 5.74) is 0.983. The molecule has 3 nitrogen and oxygen atoms in total. The molecule has 1 fully saturated rings. The fraction of sp³-hybridized carbons (Fsp3) is 0.286. The minimum absolute atomic E-state index is 0.223. The van der Waals surface area contributed by atoms with Gasteiger partial charge in [-0.2, -0.15) is 0 Å². The monoisotopic (exact) mass is 228 g/mol. The first-order valence-electron chi connectivity index (χ1n) is 5.45. The van der Waals surface area contributed by atoms with Gasteiger partial charge in [-0.05, 0) is 30.5 Å². The van der Waals surface area contributed by atoms with Gasteiger partial charge in [0.05, 0.1) is 11.8 Å². The van der Waals surface area contributed by atoms with Crippen molar-refractivity contribution in [2.75, 3.05) is 0 Å². The van der Waals surface area contributed by atoms with Crippen LogP contribution in [0.15, 0.2) is 24.3 Å². The SMILES string of the molecule is O=CCC#Cc1ccc(C2(C(=O)O)CC2)cc1. The number of carbonyl (C=O) groups excluding carboxylic acids is 1. The smallest absolute Gasteiger partial charge is 0.314 e. The lowest BCUT2D eigenvalue weighted by Gasteiger charge is -2.09. The van der Waals surface area contributed by atoms with Crippen molar-refractivity contribution >= 4 is 12.3 Å². The molecule has 0 bridgehead atoms. The van der Waals surface area contributed by atoms with Crippen molar-refractivity contribution < 1.29 is 14.7 Å². The van der Waals surface area contributed by atoms with Crippen molar-refractivity contribution in [2.24, 2.45) is 0 Å². The maximum atomic E-state index is 11.1. The molecule has 1 aliphatic carbocycles. The molecule has 0 saturated heterocycles. The standard InChI is InChI=1S/C14H12O3/c15-10-2-1-3-11-4-6-12(7-5-11)14(8-9-14)13(16)17/h4-7,10H,2,8-9H2,(H,16,17). The lowest BCUT2D eigenvalue weighted by molar-refractivity contribution is -0.140. The Morgan fingerprint density at radius 2 is 2.00 bits per heavy atom. The van der Waals surface area contributed by atoms with E-state index in [2.05, 4.69) is 11.8 Å². The van der Waals surface area contributed by atoms with Crippen LogP contribution < -0.4 is 0 Å². The molecule has 0 aromatic heterocycles. The second kappa shape index (κ2) is 4.42. The maximum absolute atomic E-state index is 11.1. The highest BCUT2D eigenvalue weighted by molar-refractivity contribution is 5.84. The largest absolute Gasteiger partial charge is 0.481 e. The fourth-order valence-corrected chi connectivity index (χ4v) is 1.82. The zero-order valence-corrected chi connectivity index (χ0v) is 9.27. The zero-order chi connectivity index (χ0) is 12.3. The van der Waals surface area contributed by atoms with E-state index in [4.69, 9.17) is 5.11 Å². The van der Waals surface area contributed by atoms with E-state index in [0.29, 0.717) is 12.8 Å². The third-order valence-corrected chi connectivity index (χ3v) is 3.01. The van der Waals surface area contributed by atoms with Crippen LogP contribution in [0.5, 0.6) is 0 Å². The molecule has 3 heteroatoms. The van der Waals surface area contributed by atoms with Crippen LogP contribution in [-0.4, -0.2) is 17.4 Å². The molecule has 2 rings (SSSR count). The Bertz CT molecular complexity index is 499. The highest BCUT2D eigenvalue weighted by Gasteiger charge is 2.51. The predicted octanol–water partition coefficient (Wildman–Crippen LogP) is 1.74. The molecule has 0 spiro atoms. The third kappa shape index (κ3) is 2.21. The van der Waals surface area contributed by atoms with Gasteiger partial charge in [-0.25, -0.2) is 0 Å². The summed E-state index contributed by atoms with van der Waals surface area (Å²) in [6.07, 6.45) is 2.39. The van der Waals surface area contributed by atoms with Crippen LogP contribution in [-0.2, 0) is 15.0 Å². The Labute approximate surface area is 99.5 Å². The molecule has 17 heavy (non-hydrogen) atoms. The van der Waals surface area contributed by atoms with Crippen molar-refractivity contribution in [1.82, 2.24) is 0 Å². The number of hydrogen-bond acceptors (Lipinski definition) is 2. The molecule has 1 aromatic rings. The summed E-state index contributed by atoms with van der Waals surface area (Å²) in [5, 5.41) is 9.13. The number of carboxylic acid groups (broad SMARTS) is 1. The first-order chi connectivity index (χ1) is 8.19. The van der Waals surface area contributed by atoms with E-state index in [9.17, 15) is 9.59 Å². The lowest BCUT2D eigenvalue weighted by atomic mass is 9.95. The molecule has 1 N–H and O–H groups in total. The summed E-state index contributed by atoms with van der Waals surface area (Å²) in [5.74, 6) is 4.81. The first-order valence-corrected chi connectivity index (χ1v) is 5.45. The molecule has 0 heterocycles. The number of aliphatic carboxylic acids is 1. The minimum atomic E-state index is -0.753. The summed E-state index contributed by atoms with van der Waals surface area (Å²) in [7, 11) is 0. The van der Waals surface area contributed by atoms with Crippen molar-refractivity contribution in [3.63, 3.8) is 0 Å². The quantitative estimate of drug-likeness (QED) is 0.633. The number of carbonyl (C=O) groups is 2. The van der Waals surface area contributed by atoms with Gasteiger partial charge in [-0.15, -0.1) is 0 Å². The minimum Gasteiger partial charge on any atom is -0.481 e. The average Bonchev–Trinajstić information content (AvgIpc) is 3.11. The van der Waals surface area contributed by atoms with Gasteiger partial charge in [0.15, 0.2) is 0 Å². The van der Waals surface area contributed by atoms with Gasteiger partial charge in [-0.3, -0.25) is 4.79 Å². The maximum Gasteiger partial charge on any atom is 0.314 e. The van der Waals surface area contributed by atoms with Gasteiger partial charge in [0, 0.05) is 5.56 Å². The fourth-order valence-electron chi connectivity index (χ4n) is 1.82. The molecule has 0 atom stereocenters. The zero-order valence-electron chi connectivity index (χ0n) is 9.27. The van der Waals surface area contributed by atoms with Gasteiger partial charge in [0.1, 0.15) is 6.29 Å². The highest BCUT2D eigenvalue weighted by Crippen LogP contribution is 2.48. The average molecular weight is 228 g/mol. The predicted molar refractivity (Wildman–Crippen MR) is 62.5 cm³/mol. The topological polar surface area (TPSA) is 54.4 Å². The Hall–Kier alpha value is -2.08. The van der Waals surface area contributed by atoms with Crippen LogP contribution in [0, 0.1) is 11.8 Å². The van der Waals surface area contributed by atoms with Crippen molar-refractivity contribution in [3.05, 3.63) is 35.4 Å². The van der Waals surface area contributed by atoms with E-state index in [1.165, 1.54) is 0 Å². The van der Waals surface area contributed by atoms with E-state index < -0.39 is 11.4 Å². The van der Waals surface area contributed by atoms with Gasteiger partial charge >= 0.3 is 5.97 Å². The van der Waals surface area contributed by atoms with Crippen molar-refractivity contribution in [2.45, 2.75) is 24.7 Å². The summed E-state index contributed by atoms with van der Waals surface area (Å²) < 4.78 is 0. The van der Waals surface area contributed by atoms with Crippen molar-refractivity contribution in [1.29, 1.82) is 0 Å². The second-order valence-corrected chi connectivity index (χ2v) is 4.14. The van der Waals surface area contributed by atoms with Crippen LogP contribution in [0.25, 0.3) is 0 Å². The number of benzene rings is 1. The van der Waals surface area contributed by atoms with E-state index in [1.807, 2.05) is 12.1 Å². The van der Waals surface area contributed by atoms with Crippen molar-refractivity contribution in [3.8, 4) is 11.8 Å². The summed E-state index contributed by atoms with van der Waals surface area (Å²) in [4.78, 5) is 21.2. The molecule has 86 valence electrons. The first kappa shape index (κ1) is 11.4. The molecule has 0 unspecified atom stereocenters. The number of aldehydes is 1. The van der Waals surface area contributed by atoms with Crippen LogP contribution in [0.1, 0.15) is 30.4 Å². The van der Waals surface area contributed by atoms with E-state index in [1.54, 1.807) is 12.1 Å². The third-order valence-electron chi connectivity index (χ3n) is 3.01. The number of hydrogen-bond donors (Lipinski definition) is 1. The molecule has 0 radical (unpaired) electrons. The van der Waals surface area contributed by atoms with Gasteiger partial charge in [-0.1, -0.05) is 24.0 Å². The summed E-state index contributed by atoms with van der Waals surface area (Å²) >= 11 is 0. The molecular weight excluding hydrogens is 216 g/mol.